The van der Waals surface area contributed by atoms with E-state index in [1.54, 1.807) is 29.5 Å². The first-order valence-electron chi connectivity index (χ1n) is 7.58. The second-order valence-electron chi connectivity index (χ2n) is 5.62. The van der Waals surface area contributed by atoms with Crippen molar-refractivity contribution in [2.75, 3.05) is 21.9 Å². The molecule has 0 unspecified atom stereocenters. The normalized spacial score (nSPS) is 16.6. The lowest BCUT2D eigenvalue weighted by Crippen LogP contribution is -2.25. The van der Waals surface area contributed by atoms with Crippen LogP contribution in [0.5, 0.6) is 0 Å². The molecule has 0 saturated carbocycles. The lowest BCUT2D eigenvalue weighted by Gasteiger charge is -2.18. The van der Waals surface area contributed by atoms with Crippen molar-refractivity contribution < 1.29 is 13.2 Å². The van der Waals surface area contributed by atoms with Crippen LogP contribution >= 0.6 is 11.3 Å². The van der Waals surface area contributed by atoms with Crippen molar-refractivity contribution in [1.29, 1.82) is 0 Å². The first kappa shape index (κ1) is 16.7. The molecule has 2 heterocycles. The van der Waals surface area contributed by atoms with E-state index in [9.17, 15) is 13.2 Å². The Kier molecular flexibility index (Phi) is 4.73. The van der Waals surface area contributed by atoms with Crippen LogP contribution in [0.2, 0.25) is 0 Å². The first-order chi connectivity index (χ1) is 11.5. The van der Waals surface area contributed by atoms with Crippen LogP contribution in [-0.4, -0.2) is 26.6 Å². The number of amides is 1. The van der Waals surface area contributed by atoms with E-state index in [4.69, 9.17) is 0 Å². The van der Waals surface area contributed by atoms with Crippen molar-refractivity contribution >= 4 is 44.7 Å². The third kappa shape index (κ3) is 3.68. The minimum atomic E-state index is -3.23. The molecular weight excluding hydrogens is 344 g/mol. The minimum Gasteiger partial charge on any atom is -0.322 e. The van der Waals surface area contributed by atoms with Crippen LogP contribution < -0.4 is 9.62 Å². The third-order valence-electron chi connectivity index (χ3n) is 3.84. The summed E-state index contributed by atoms with van der Waals surface area (Å²) < 4.78 is 25.5. The van der Waals surface area contributed by atoms with Crippen molar-refractivity contribution in [3.05, 3.63) is 52.2 Å². The quantitative estimate of drug-likeness (QED) is 0.849. The SMILES string of the molecule is Cc1ccc(N2CCCS2(=O)=O)cc1NC(=O)/C=C/c1ccsc1. The maximum Gasteiger partial charge on any atom is 0.248 e. The van der Waals surface area contributed by atoms with Crippen LogP contribution in [0.15, 0.2) is 41.1 Å². The molecule has 5 nitrogen and oxygen atoms in total. The van der Waals surface area contributed by atoms with Crippen molar-refractivity contribution in [1.82, 2.24) is 0 Å². The van der Waals surface area contributed by atoms with Gasteiger partial charge in [-0.25, -0.2) is 8.42 Å². The summed E-state index contributed by atoms with van der Waals surface area (Å²) in [5.74, 6) is -0.0721. The van der Waals surface area contributed by atoms with Crippen molar-refractivity contribution in [2.24, 2.45) is 0 Å². The fourth-order valence-corrected chi connectivity index (χ4v) is 4.73. The molecule has 3 rings (SSSR count). The Labute approximate surface area is 145 Å². The van der Waals surface area contributed by atoms with Crippen LogP contribution in [0, 0.1) is 6.92 Å². The van der Waals surface area contributed by atoms with Gasteiger partial charge in [-0.2, -0.15) is 11.3 Å². The predicted molar refractivity (Wildman–Crippen MR) is 98.9 cm³/mol. The molecule has 1 fully saturated rings. The molecule has 0 bridgehead atoms. The molecule has 0 spiro atoms. The number of anilines is 2. The number of sulfonamides is 1. The van der Waals surface area contributed by atoms with E-state index in [1.807, 2.05) is 29.8 Å². The summed E-state index contributed by atoms with van der Waals surface area (Å²) in [4.78, 5) is 12.1. The Balaban J connectivity index is 1.78. The molecule has 1 aromatic carbocycles. The van der Waals surface area contributed by atoms with Gasteiger partial charge in [0.2, 0.25) is 15.9 Å². The number of hydrogen-bond donors (Lipinski definition) is 1. The predicted octanol–water partition coefficient (Wildman–Crippen LogP) is 3.25. The van der Waals surface area contributed by atoms with Crippen LogP contribution in [0.1, 0.15) is 17.5 Å². The van der Waals surface area contributed by atoms with Crippen LogP contribution in [-0.2, 0) is 14.8 Å². The summed E-state index contributed by atoms with van der Waals surface area (Å²) in [5, 5.41) is 6.72. The molecule has 1 saturated heterocycles. The number of carbonyl (C=O) groups is 1. The molecule has 1 N–H and O–H groups in total. The molecule has 1 aromatic heterocycles. The second kappa shape index (κ2) is 6.78. The molecule has 0 radical (unpaired) electrons. The van der Waals surface area contributed by atoms with E-state index in [-0.39, 0.29) is 11.7 Å². The van der Waals surface area contributed by atoms with E-state index < -0.39 is 10.0 Å². The highest BCUT2D eigenvalue weighted by molar-refractivity contribution is 7.93. The number of carbonyl (C=O) groups excluding carboxylic acids is 1. The van der Waals surface area contributed by atoms with Gasteiger partial charge in [-0.15, -0.1) is 0 Å². The largest absolute Gasteiger partial charge is 0.322 e. The fourth-order valence-electron chi connectivity index (χ4n) is 2.55. The molecule has 1 amide bonds. The summed E-state index contributed by atoms with van der Waals surface area (Å²) in [6, 6.07) is 7.24. The summed E-state index contributed by atoms with van der Waals surface area (Å²) >= 11 is 1.57. The van der Waals surface area contributed by atoms with Gasteiger partial charge in [-0.1, -0.05) is 6.07 Å². The smallest absolute Gasteiger partial charge is 0.248 e. The number of hydrogen-bond acceptors (Lipinski definition) is 4. The highest BCUT2D eigenvalue weighted by atomic mass is 32.2. The Morgan fingerprint density at radius 3 is 2.83 bits per heavy atom. The van der Waals surface area contributed by atoms with E-state index in [2.05, 4.69) is 5.32 Å². The summed E-state index contributed by atoms with van der Waals surface area (Å²) in [5.41, 5.74) is 3.07. The van der Waals surface area contributed by atoms with E-state index in [0.29, 0.717) is 24.3 Å². The Hall–Kier alpha value is -2.12. The van der Waals surface area contributed by atoms with Gasteiger partial charge in [0.15, 0.2) is 0 Å². The van der Waals surface area contributed by atoms with Gasteiger partial charge < -0.3 is 5.32 Å². The maximum atomic E-state index is 12.1. The Morgan fingerprint density at radius 1 is 1.33 bits per heavy atom. The standard InChI is InChI=1S/C17H18N2O3S2/c1-13-3-5-15(19-8-2-10-24(19,21)22)11-16(13)18-17(20)6-4-14-7-9-23-12-14/h3-7,9,11-12H,2,8,10H2,1H3,(H,18,20)/b6-4+. The van der Waals surface area contributed by atoms with Gasteiger partial charge in [0, 0.05) is 18.3 Å². The molecule has 126 valence electrons. The van der Waals surface area contributed by atoms with Gasteiger partial charge >= 0.3 is 0 Å². The summed E-state index contributed by atoms with van der Waals surface area (Å²) in [6.45, 7) is 2.36. The molecule has 7 heteroatoms. The lowest BCUT2D eigenvalue weighted by molar-refractivity contribution is -0.111. The zero-order valence-corrected chi connectivity index (χ0v) is 14.9. The minimum absolute atomic E-state index is 0.173. The van der Waals surface area contributed by atoms with Crippen LogP contribution in [0.3, 0.4) is 0 Å². The Morgan fingerprint density at radius 2 is 2.17 bits per heavy atom. The fraction of sp³-hybridized carbons (Fsp3) is 0.235. The molecule has 1 aliphatic rings. The zero-order chi connectivity index (χ0) is 17.2. The topological polar surface area (TPSA) is 66.5 Å². The maximum absolute atomic E-state index is 12.1. The van der Waals surface area contributed by atoms with Gasteiger partial charge in [0.1, 0.15) is 0 Å². The highest BCUT2D eigenvalue weighted by Crippen LogP contribution is 2.28. The average molecular weight is 362 g/mol. The van der Waals surface area contributed by atoms with Crippen molar-refractivity contribution in [3.8, 4) is 0 Å². The third-order valence-corrected chi connectivity index (χ3v) is 6.41. The molecule has 0 aliphatic carbocycles. The van der Waals surface area contributed by atoms with Gasteiger partial charge in [0.25, 0.3) is 0 Å². The number of rotatable bonds is 4. The first-order valence-corrected chi connectivity index (χ1v) is 10.1. The molecule has 0 atom stereocenters. The van der Waals surface area contributed by atoms with E-state index in [1.165, 1.54) is 10.4 Å². The zero-order valence-electron chi connectivity index (χ0n) is 13.2. The number of aryl methyl sites for hydroxylation is 1. The summed E-state index contributed by atoms with van der Waals surface area (Å²) in [6.07, 6.45) is 3.85. The molecule has 1 aliphatic heterocycles. The monoisotopic (exact) mass is 362 g/mol. The summed E-state index contributed by atoms with van der Waals surface area (Å²) in [7, 11) is -3.23. The molecular formula is C17H18N2O3S2. The Bertz CT molecular complexity index is 871. The highest BCUT2D eigenvalue weighted by Gasteiger charge is 2.28. The number of nitrogens with zero attached hydrogens (tertiary/aromatic N) is 1. The van der Waals surface area contributed by atoms with Gasteiger partial charge in [-0.3, -0.25) is 9.10 Å². The number of benzene rings is 1. The van der Waals surface area contributed by atoms with Crippen molar-refractivity contribution in [2.45, 2.75) is 13.3 Å². The van der Waals surface area contributed by atoms with Gasteiger partial charge in [-0.05, 0) is 59.5 Å². The van der Waals surface area contributed by atoms with Crippen LogP contribution in [0.25, 0.3) is 6.08 Å². The number of thiophene rings is 1. The van der Waals surface area contributed by atoms with Gasteiger partial charge in [0.05, 0.1) is 11.4 Å². The molecule has 24 heavy (non-hydrogen) atoms. The van der Waals surface area contributed by atoms with Crippen molar-refractivity contribution in [3.63, 3.8) is 0 Å². The number of nitrogens with one attached hydrogen (secondary N) is 1. The lowest BCUT2D eigenvalue weighted by atomic mass is 10.1. The average Bonchev–Trinajstić information content (AvgIpc) is 3.16. The second-order valence-corrected chi connectivity index (χ2v) is 8.41. The molecule has 2 aromatic rings. The van der Waals surface area contributed by atoms with E-state index in [0.717, 1.165) is 11.1 Å². The van der Waals surface area contributed by atoms with Crippen LogP contribution in [0.4, 0.5) is 11.4 Å². The van der Waals surface area contributed by atoms with E-state index >= 15 is 0 Å².